The summed E-state index contributed by atoms with van der Waals surface area (Å²) in [6.07, 6.45) is 2.53. The van der Waals surface area contributed by atoms with E-state index in [0.717, 1.165) is 33.3 Å². The lowest BCUT2D eigenvalue weighted by molar-refractivity contribution is -0.135. The fourth-order valence-electron chi connectivity index (χ4n) is 4.96. The standard InChI is InChI=1S/C30H31FN2O3/c1-2-36-25-13-9-23(10-14-25)27(19-30(34)32-15-17-35-18-16-32)28-21-33(29-6-4-3-5-26(28)29)20-22-7-11-24(31)12-8-22/h3-14,21,27H,2,15-20H2,1H3/t27-/m1/s1. The number of halogens is 1. The van der Waals surface area contributed by atoms with Crippen LogP contribution in [0.4, 0.5) is 4.39 Å². The average Bonchev–Trinajstić information content (AvgIpc) is 3.28. The molecule has 1 aliphatic heterocycles. The highest BCUT2D eigenvalue weighted by atomic mass is 19.1. The number of carbonyl (C=O) groups is 1. The van der Waals surface area contributed by atoms with Crippen LogP contribution in [0.1, 0.15) is 36.0 Å². The van der Waals surface area contributed by atoms with Gasteiger partial charge in [-0.15, -0.1) is 0 Å². The summed E-state index contributed by atoms with van der Waals surface area (Å²) in [4.78, 5) is 15.3. The number of hydrogen-bond acceptors (Lipinski definition) is 3. The number of carbonyl (C=O) groups excluding carboxylic acids is 1. The lowest BCUT2D eigenvalue weighted by Crippen LogP contribution is -2.41. The summed E-state index contributed by atoms with van der Waals surface area (Å²) >= 11 is 0. The first-order valence-electron chi connectivity index (χ1n) is 12.5. The molecular weight excluding hydrogens is 455 g/mol. The molecule has 0 aliphatic carbocycles. The number of ether oxygens (including phenoxy) is 2. The second-order valence-electron chi connectivity index (χ2n) is 9.11. The summed E-state index contributed by atoms with van der Waals surface area (Å²) in [6, 6.07) is 23.0. The number of hydrogen-bond donors (Lipinski definition) is 0. The molecule has 2 heterocycles. The molecule has 1 aliphatic rings. The Morgan fingerprint density at radius 1 is 1.00 bits per heavy atom. The average molecular weight is 487 g/mol. The third kappa shape index (κ3) is 5.29. The van der Waals surface area contributed by atoms with E-state index in [1.165, 1.54) is 12.1 Å². The van der Waals surface area contributed by atoms with Gasteiger partial charge in [0.05, 0.1) is 19.8 Å². The van der Waals surface area contributed by atoms with Gasteiger partial charge in [0, 0.05) is 49.1 Å². The molecule has 5 rings (SSSR count). The zero-order valence-electron chi connectivity index (χ0n) is 20.5. The third-order valence-electron chi connectivity index (χ3n) is 6.80. The predicted octanol–water partition coefficient (Wildman–Crippen LogP) is 5.61. The Morgan fingerprint density at radius 3 is 2.44 bits per heavy atom. The largest absolute Gasteiger partial charge is 0.494 e. The van der Waals surface area contributed by atoms with Crippen LogP contribution < -0.4 is 4.74 Å². The van der Waals surface area contributed by atoms with Gasteiger partial charge in [-0.2, -0.15) is 0 Å². The van der Waals surface area contributed by atoms with Gasteiger partial charge in [0.15, 0.2) is 0 Å². The quantitative estimate of drug-likeness (QED) is 0.325. The predicted molar refractivity (Wildman–Crippen MR) is 139 cm³/mol. The Kier molecular flexibility index (Phi) is 7.33. The molecule has 36 heavy (non-hydrogen) atoms. The van der Waals surface area contributed by atoms with E-state index in [-0.39, 0.29) is 17.6 Å². The minimum absolute atomic E-state index is 0.115. The lowest BCUT2D eigenvalue weighted by Gasteiger charge is -2.28. The molecule has 0 bridgehead atoms. The van der Waals surface area contributed by atoms with E-state index in [2.05, 4.69) is 35.0 Å². The van der Waals surface area contributed by atoms with Crippen LogP contribution >= 0.6 is 0 Å². The zero-order chi connectivity index (χ0) is 24.9. The Hall–Kier alpha value is -3.64. The van der Waals surface area contributed by atoms with E-state index >= 15 is 0 Å². The molecule has 0 saturated carbocycles. The first-order valence-corrected chi connectivity index (χ1v) is 12.5. The van der Waals surface area contributed by atoms with Crippen molar-refractivity contribution >= 4 is 16.8 Å². The molecule has 1 atom stereocenters. The van der Waals surface area contributed by atoms with E-state index in [9.17, 15) is 9.18 Å². The van der Waals surface area contributed by atoms with Crippen LogP contribution in [0, 0.1) is 5.82 Å². The number of benzene rings is 3. The second-order valence-corrected chi connectivity index (χ2v) is 9.11. The van der Waals surface area contributed by atoms with E-state index in [1.54, 1.807) is 0 Å². The van der Waals surface area contributed by atoms with Crippen molar-refractivity contribution in [2.75, 3.05) is 32.9 Å². The number of nitrogens with zero attached hydrogens (tertiary/aromatic N) is 2. The van der Waals surface area contributed by atoms with Crippen molar-refractivity contribution in [2.24, 2.45) is 0 Å². The monoisotopic (exact) mass is 486 g/mol. The first-order chi connectivity index (χ1) is 17.6. The number of para-hydroxylation sites is 1. The molecule has 1 amide bonds. The van der Waals surface area contributed by atoms with Crippen LogP contribution in [0.15, 0.2) is 79.0 Å². The second kappa shape index (κ2) is 11.0. The summed E-state index contributed by atoms with van der Waals surface area (Å²) in [5.41, 5.74) is 4.29. The Bertz CT molecular complexity index is 1310. The molecule has 186 valence electrons. The molecule has 0 spiro atoms. The van der Waals surface area contributed by atoms with Crippen molar-refractivity contribution < 1.29 is 18.7 Å². The number of amides is 1. The van der Waals surface area contributed by atoms with Gasteiger partial charge in [0.1, 0.15) is 11.6 Å². The van der Waals surface area contributed by atoms with Crippen molar-refractivity contribution in [3.8, 4) is 5.75 Å². The Labute approximate surface area is 211 Å². The molecule has 1 fully saturated rings. The smallest absolute Gasteiger partial charge is 0.223 e. The van der Waals surface area contributed by atoms with Crippen LogP contribution in [0.25, 0.3) is 10.9 Å². The van der Waals surface area contributed by atoms with Gasteiger partial charge in [-0.25, -0.2) is 4.39 Å². The maximum Gasteiger partial charge on any atom is 0.223 e. The number of aromatic nitrogens is 1. The normalized spacial score (nSPS) is 14.7. The fourth-order valence-corrected chi connectivity index (χ4v) is 4.96. The van der Waals surface area contributed by atoms with Gasteiger partial charge in [-0.1, -0.05) is 42.5 Å². The van der Waals surface area contributed by atoms with E-state index in [1.807, 2.05) is 48.2 Å². The highest BCUT2D eigenvalue weighted by Gasteiger charge is 2.26. The third-order valence-corrected chi connectivity index (χ3v) is 6.80. The number of rotatable bonds is 8. The topological polar surface area (TPSA) is 43.7 Å². The van der Waals surface area contributed by atoms with Gasteiger partial charge in [-0.05, 0) is 53.9 Å². The Balaban J connectivity index is 1.54. The van der Waals surface area contributed by atoms with Crippen molar-refractivity contribution in [1.29, 1.82) is 0 Å². The van der Waals surface area contributed by atoms with Gasteiger partial charge in [0.25, 0.3) is 0 Å². The minimum atomic E-state index is -0.242. The maximum atomic E-state index is 13.5. The Morgan fingerprint density at radius 2 is 1.72 bits per heavy atom. The van der Waals surface area contributed by atoms with Crippen LogP contribution in [0.2, 0.25) is 0 Å². The van der Waals surface area contributed by atoms with Crippen molar-refractivity contribution in [3.05, 3.63) is 102 Å². The molecule has 1 saturated heterocycles. The molecule has 5 nitrogen and oxygen atoms in total. The van der Waals surface area contributed by atoms with Gasteiger partial charge < -0.3 is 18.9 Å². The first kappa shape index (κ1) is 24.1. The molecule has 4 aromatic rings. The van der Waals surface area contributed by atoms with Crippen LogP contribution in [0.3, 0.4) is 0 Å². The molecule has 0 N–H and O–H groups in total. The van der Waals surface area contributed by atoms with E-state index in [4.69, 9.17) is 9.47 Å². The van der Waals surface area contributed by atoms with Crippen LogP contribution in [-0.4, -0.2) is 48.3 Å². The van der Waals surface area contributed by atoms with Crippen molar-refractivity contribution in [2.45, 2.75) is 25.8 Å². The van der Waals surface area contributed by atoms with Crippen molar-refractivity contribution in [1.82, 2.24) is 9.47 Å². The zero-order valence-corrected chi connectivity index (χ0v) is 20.5. The maximum absolute atomic E-state index is 13.5. The van der Waals surface area contributed by atoms with Crippen LogP contribution in [-0.2, 0) is 16.1 Å². The summed E-state index contributed by atoms with van der Waals surface area (Å²) < 4.78 is 26.8. The summed E-state index contributed by atoms with van der Waals surface area (Å²) in [5.74, 6) is 0.593. The molecular formula is C30H31FN2O3. The van der Waals surface area contributed by atoms with Crippen LogP contribution in [0.5, 0.6) is 5.75 Å². The van der Waals surface area contributed by atoms with Gasteiger partial charge in [0.2, 0.25) is 5.91 Å². The molecule has 0 unspecified atom stereocenters. The molecule has 1 aromatic heterocycles. The van der Waals surface area contributed by atoms with E-state index in [0.29, 0.717) is 45.9 Å². The SMILES string of the molecule is CCOc1ccc([C@@H](CC(=O)N2CCOCC2)c2cn(Cc3ccc(F)cc3)c3ccccc23)cc1. The minimum Gasteiger partial charge on any atom is -0.494 e. The highest BCUT2D eigenvalue weighted by Crippen LogP contribution is 2.36. The number of morpholine rings is 1. The molecule has 3 aromatic carbocycles. The van der Waals surface area contributed by atoms with Crippen molar-refractivity contribution in [3.63, 3.8) is 0 Å². The highest BCUT2D eigenvalue weighted by molar-refractivity contribution is 5.87. The van der Waals surface area contributed by atoms with Gasteiger partial charge >= 0.3 is 0 Å². The fraction of sp³-hybridized carbons (Fsp3) is 0.300. The summed E-state index contributed by atoms with van der Waals surface area (Å²) in [7, 11) is 0. The van der Waals surface area contributed by atoms with Gasteiger partial charge in [-0.3, -0.25) is 4.79 Å². The molecule has 0 radical (unpaired) electrons. The molecule has 6 heteroatoms. The van der Waals surface area contributed by atoms with E-state index < -0.39 is 0 Å². The number of fused-ring (bicyclic) bond motifs is 1. The summed E-state index contributed by atoms with van der Waals surface area (Å²) in [6.45, 7) is 5.60. The lowest BCUT2D eigenvalue weighted by atomic mass is 9.87. The summed E-state index contributed by atoms with van der Waals surface area (Å²) in [5, 5.41) is 1.12.